The zero-order chi connectivity index (χ0) is 33.6. The van der Waals surface area contributed by atoms with Gasteiger partial charge in [0.2, 0.25) is 0 Å². The molecule has 0 fully saturated rings. The van der Waals surface area contributed by atoms with E-state index in [1.54, 1.807) is 23.3 Å². The van der Waals surface area contributed by atoms with Crippen LogP contribution in [0.15, 0.2) is 176 Å². The molecule has 0 N–H and O–H groups in total. The molecule has 0 aliphatic rings. The number of rotatable bonds is 4. The summed E-state index contributed by atoms with van der Waals surface area (Å²) in [5.74, 6) is 0. The van der Waals surface area contributed by atoms with Crippen LogP contribution >= 0.6 is 0 Å². The molecule has 0 heterocycles. The van der Waals surface area contributed by atoms with Crippen LogP contribution < -0.4 is 24.8 Å². The van der Waals surface area contributed by atoms with Crippen LogP contribution in [-0.4, -0.2) is 6.16 Å². The Kier molecular flexibility index (Phi) is 13.4. The summed E-state index contributed by atoms with van der Waals surface area (Å²) >= 11 is 1.72. The molecule has 51 heavy (non-hydrogen) atoms. The first kappa shape index (κ1) is 38.2. The van der Waals surface area contributed by atoms with E-state index in [0.29, 0.717) is 6.16 Å². The molecule has 4 heteroatoms. The van der Waals surface area contributed by atoms with Crippen LogP contribution in [0.2, 0.25) is 0 Å². The first-order valence-electron chi connectivity index (χ1n) is 16.9. The van der Waals surface area contributed by atoms with E-state index < -0.39 is 0 Å². The SMILES string of the molecule is Cc1cc2c(-c3cccc4ccccc34)cccc2[cH-]1.Cc1cc2c(-c3cccc4ccccc34)cccc2[cH-]1.[Cl-].[Cl-].[Zr+2]=[SiH]Cc1ccccc1. The zero-order valence-electron chi connectivity index (χ0n) is 28.8. The molecule has 0 bridgehead atoms. The molecule has 0 unspecified atom stereocenters. The molecular weight excluding hydrogens is 755 g/mol. The van der Waals surface area contributed by atoms with Gasteiger partial charge in [-0.2, -0.15) is 12.1 Å². The van der Waals surface area contributed by atoms with Gasteiger partial charge in [-0.05, 0) is 32.7 Å². The topological polar surface area (TPSA) is 0 Å². The molecular formula is C47H38Cl2SiZr-2. The van der Waals surface area contributed by atoms with Crippen molar-refractivity contribution in [2.75, 3.05) is 0 Å². The van der Waals surface area contributed by atoms with Crippen LogP contribution in [-0.2, 0) is 29.4 Å². The van der Waals surface area contributed by atoms with E-state index in [4.69, 9.17) is 0 Å². The predicted molar refractivity (Wildman–Crippen MR) is 212 cm³/mol. The first-order chi connectivity index (χ1) is 24.1. The Morgan fingerprint density at radius 1 is 0.431 bits per heavy atom. The fraction of sp³-hybridized carbons (Fsp3) is 0.0638. The molecule has 0 saturated heterocycles. The predicted octanol–water partition coefficient (Wildman–Crippen LogP) is 6.47. The Labute approximate surface area is 329 Å². The number of hydrogen-bond acceptors (Lipinski definition) is 0. The van der Waals surface area contributed by atoms with Crippen molar-refractivity contribution in [2.45, 2.75) is 19.9 Å². The Bertz CT molecular complexity index is 2360. The summed E-state index contributed by atoms with van der Waals surface area (Å²) in [6, 6.07) is 64.5. The molecule has 0 radical (unpaired) electrons. The van der Waals surface area contributed by atoms with Crippen molar-refractivity contribution < 1.29 is 48.1 Å². The van der Waals surface area contributed by atoms with Gasteiger partial charge in [-0.25, -0.2) is 0 Å². The van der Waals surface area contributed by atoms with Crippen molar-refractivity contribution in [3.05, 3.63) is 193 Å². The van der Waals surface area contributed by atoms with Gasteiger partial charge in [0.05, 0.1) is 0 Å². The van der Waals surface area contributed by atoms with Gasteiger partial charge in [-0.1, -0.05) is 122 Å². The minimum absolute atomic E-state index is 0. The van der Waals surface area contributed by atoms with Crippen LogP contribution in [0, 0.1) is 13.8 Å². The molecule has 0 atom stereocenters. The molecule has 0 aliphatic heterocycles. The van der Waals surface area contributed by atoms with Crippen molar-refractivity contribution in [3.63, 3.8) is 0 Å². The van der Waals surface area contributed by atoms with Crippen molar-refractivity contribution in [1.82, 2.24) is 0 Å². The maximum atomic E-state index is 2.28. The number of aryl methyl sites for hydroxylation is 2. The van der Waals surface area contributed by atoms with Crippen LogP contribution in [0.4, 0.5) is 0 Å². The van der Waals surface area contributed by atoms with Crippen LogP contribution in [0.25, 0.3) is 65.3 Å². The molecule has 0 amide bonds. The van der Waals surface area contributed by atoms with E-state index in [-0.39, 0.29) is 24.8 Å². The normalized spacial score (nSPS) is 10.4. The third kappa shape index (κ3) is 8.71. The van der Waals surface area contributed by atoms with Crippen LogP contribution in [0.5, 0.6) is 0 Å². The Morgan fingerprint density at radius 3 is 1.25 bits per heavy atom. The summed E-state index contributed by atoms with van der Waals surface area (Å²) in [5, 5.41) is 10.6. The third-order valence-electron chi connectivity index (χ3n) is 9.13. The molecule has 0 aromatic heterocycles. The number of fused-ring (bicyclic) bond motifs is 4. The first-order valence-corrected chi connectivity index (χ1v) is 22.6. The van der Waals surface area contributed by atoms with Crippen molar-refractivity contribution in [3.8, 4) is 22.3 Å². The number of halogens is 2. The minimum atomic E-state index is 0. The number of hydrogen-bond donors (Lipinski definition) is 0. The second kappa shape index (κ2) is 17.9. The average Bonchev–Trinajstić information content (AvgIpc) is 3.73. The third-order valence-corrected chi connectivity index (χ3v) is 11.3. The summed E-state index contributed by atoms with van der Waals surface area (Å²) in [7, 11) is 0. The Balaban J connectivity index is 0.000000156. The van der Waals surface area contributed by atoms with E-state index >= 15 is 0 Å². The molecule has 0 spiro atoms. The van der Waals surface area contributed by atoms with Crippen LogP contribution in [0.3, 0.4) is 0 Å². The maximum absolute atomic E-state index is 2.28. The average molecular weight is 793 g/mol. The van der Waals surface area contributed by atoms with Gasteiger partial charge in [0, 0.05) is 0 Å². The molecule has 0 saturated carbocycles. The second-order valence-electron chi connectivity index (χ2n) is 12.6. The van der Waals surface area contributed by atoms with Gasteiger partial charge >= 0.3 is 71.4 Å². The monoisotopic (exact) mass is 790 g/mol. The van der Waals surface area contributed by atoms with Gasteiger partial charge in [0.25, 0.3) is 0 Å². The Morgan fingerprint density at radius 2 is 0.804 bits per heavy atom. The molecule has 9 aromatic carbocycles. The standard InChI is InChI=1S/2C20H15.C7H8Si.2ClH.Zr/c2*1-14-12-16-8-5-11-19(20(16)13-14)18-10-4-7-15-6-2-3-9-17(15)18;8-6-7-4-2-1-3-5-7;;;/h2*2-13H,1H3;1-5,8H,6H2;2*1H;/q2*-1;;;;+2/p-2. The fourth-order valence-corrected chi connectivity index (χ4v) is 9.14. The summed E-state index contributed by atoms with van der Waals surface area (Å²) in [4.78, 5) is 0. The summed E-state index contributed by atoms with van der Waals surface area (Å²) < 4.78 is 0. The molecule has 0 nitrogen and oxygen atoms in total. The Hall–Kier alpha value is -4.04. The quantitative estimate of drug-likeness (QED) is 0.142. The molecule has 0 aliphatic carbocycles. The van der Waals surface area contributed by atoms with Gasteiger partial charge < -0.3 is 24.8 Å². The molecule has 250 valence electrons. The van der Waals surface area contributed by atoms with Gasteiger partial charge in [0.1, 0.15) is 0 Å². The van der Waals surface area contributed by atoms with Gasteiger partial charge in [-0.15, -0.1) is 69.1 Å². The second-order valence-corrected chi connectivity index (χ2v) is 16.5. The summed E-state index contributed by atoms with van der Waals surface area (Å²) in [6.07, 6.45) is 0.715. The fourth-order valence-electron chi connectivity index (χ4n) is 6.89. The van der Waals surface area contributed by atoms with Crippen molar-refractivity contribution in [2.24, 2.45) is 0 Å². The summed E-state index contributed by atoms with van der Waals surface area (Å²) in [6.45, 7) is 4.32. The zero-order valence-corrected chi connectivity index (χ0v) is 33.9. The van der Waals surface area contributed by atoms with E-state index in [0.717, 1.165) is 0 Å². The molecule has 9 aromatic rings. The van der Waals surface area contributed by atoms with Crippen LogP contribution in [0.1, 0.15) is 16.7 Å². The van der Waals surface area contributed by atoms with E-state index in [1.807, 2.05) is 0 Å². The number of benzene rings is 7. The van der Waals surface area contributed by atoms with Crippen molar-refractivity contribution in [1.29, 1.82) is 0 Å². The summed E-state index contributed by atoms with van der Waals surface area (Å²) in [5.41, 5.74) is 9.45. The molecule has 9 rings (SSSR count). The van der Waals surface area contributed by atoms with E-state index in [2.05, 4.69) is 190 Å². The van der Waals surface area contributed by atoms with Gasteiger partial charge in [0.15, 0.2) is 0 Å². The van der Waals surface area contributed by atoms with E-state index in [9.17, 15) is 0 Å². The van der Waals surface area contributed by atoms with E-state index in [1.165, 1.54) is 88.1 Å². The van der Waals surface area contributed by atoms with Crippen molar-refractivity contribution >= 4 is 49.2 Å². The van der Waals surface area contributed by atoms with Gasteiger partial charge in [-0.3, -0.25) is 0 Å².